The molecule has 2 heterocycles. The van der Waals surface area contributed by atoms with E-state index in [9.17, 15) is 14.0 Å². The summed E-state index contributed by atoms with van der Waals surface area (Å²) in [5.74, 6) is -1.12. The first-order chi connectivity index (χ1) is 12.8. The molecule has 6 nitrogen and oxygen atoms in total. The van der Waals surface area contributed by atoms with Gasteiger partial charge in [0.25, 0.3) is 0 Å². The highest BCUT2D eigenvalue weighted by Crippen LogP contribution is 2.27. The number of carbonyl (C=O) groups is 1. The van der Waals surface area contributed by atoms with Gasteiger partial charge in [0.1, 0.15) is 11.4 Å². The number of hydrogen-bond donors (Lipinski definition) is 0. The number of rotatable bonds is 4. The maximum Gasteiger partial charge on any atom is 0.343 e. The van der Waals surface area contributed by atoms with E-state index in [0.29, 0.717) is 11.2 Å². The number of likely N-dealkylation sites (N-methyl/N-ethyl adjacent to an activating group) is 1. The maximum atomic E-state index is 14.9. The predicted molar refractivity (Wildman–Crippen MR) is 104 cm³/mol. The Hall–Kier alpha value is -2.41. The molecule has 1 aliphatic heterocycles. The fraction of sp³-hybridized carbons (Fsp3) is 0.500. The Morgan fingerprint density at radius 2 is 1.89 bits per heavy atom. The smallest absolute Gasteiger partial charge is 0.343 e. The number of hydrogen-bond acceptors (Lipinski definition) is 5. The first-order valence-electron chi connectivity index (χ1n) is 9.32. The number of pyridine rings is 1. The minimum Gasteiger partial charge on any atom is -0.462 e. The van der Waals surface area contributed by atoms with Crippen LogP contribution in [-0.4, -0.2) is 55.3 Å². The lowest BCUT2D eigenvalue weighted by Crippen LogP contribution is -2.44. The van der Waals surface area contributed by atoms with E-state index >= 15 is 0 Å². The molecule has 3 rings (SSSR count). The number of piperazine rings is 1. The van der Waals surface area contributed by atoms with Gasteiger partial charge in [-0.1, -0.05) is 0 Å². The van der Waals surface area contributed by atoms with Gasteiger partial charge in [-0.2, -0.15) is 0 Å². The second kappa shape index (κ2) is 7.68. The van der Waals surface area contributed by atoms with Gasteiger partial charge in [0.15, 0.2) is 0 Å². The first kappa shape index (κ1) is 19.4. The van der Waals surface area contributed by atoms with Crippen LogP contribution in [-0.2, 0) is 4.74 Å². The monoisotopic (exact) mass is 375 g/mol. The fourth-order valence-electron chi connectivity index (χ4n) is 3.43. The molecular formula is C20H26FN3O3. The Morgan fingerprint density at radius 3 is 2.48 bits per heavy atom. The Kier molecular flexibility index (Phi) is 5.51. The number of aromatic nitrogens is 1. The second-order valence-corrected chi connectivity index (χ2v) is 7.20. The number of nitrogens with zero attached hydrogens (tertiary/aromatic N) is 3. The van der Waals surface area contributed by atoms with Crippen molar-refractivity contribution < 1.29 is 13.9 Å². The number of benzene rings is 1. The second-order valence-electron chi connectivity index (χ2n) is 7.20. The average Bonchev–Trinajstić information content (AvgIpc) is 2.62. The van der Waals surface area contributed by atoms with Crippen molar-refractivity contribution in [2.24, 2.45) is 0 Å². The third-order valence-electron chi connectivity index (χ3n) is 5.00. The van der Waals surface area contributed by atoms with Crippen molar-refractivity contribution in [3.05, 3.63) is 39.9 Å². The van der Waals surface area contributed by atoms with E-state index in [0.717, 1.165) is 26.2 Å². The molecule has 0 atom stereocenters. The summed E-state index contributed by atoms with van der Waals surface area (Å²) < 4.78 is 21.7. The van der Waals surface area contributed by atoms with Crippen molar-refractivity contribution in [1.82, 2.24) is 9.47 Å². The number of fused-ring (bicyclic) bond motifs is 1. The quantitative estimate of drug-likeness (QED) is 0.769. The molecule has 0 radical (unpaired) electrons. The van der Waals surface area contributed by atoms with E-state index in [-0.39, 0.29) is 23.6 Å². The van der Waals surface area contributed by atoms with Gasteiger partial charge in [0.2, 0.25) is 5.43 Å². The molecular weight excluding hydrogens is 349 g/mol. The lowest BCUT2D eigenvalue weighted by atomic mass is 10.1. The van der Waals surface area contributed by atoms with Gasteiger partial charge in [-0.3, -0.25) is 4.79 Å². The van der Waals surface area contributed by atoms with E-state index < -0.39 is 17.2 Å². The summed E-state index contributed by atoms with van der Waals surface area (Å²) in [4.78, 5) is 29.2. The summed E-state index contributed by atoms with van der Waals surface area (Å²) in [6, 6.07) is 2.98. The van der Waals surface area contributed by atoms with Gasteiger partial charge >= 0.3 is 5.97 Å². The van der Waals surface area contributed by atoms with Crippen LogP contribution in [0.2, 0.25) is 0 Å². The lowest BCUT2D eigenvalue weighted by molar-refractivity contribution is 0.0524. The van der Waals surface area contributed by atoms with Crippen LogP contribution < -0.4 is 10.3 Å². The van der Waals surface area contributed by atoms with Gasteiger partial charge in [-0.05, 0) is 40.0 Å². The average molecular weight is 375 g/mol. The van der Waals surface area contributed by atoms with Crippen LogP contribution in [0.5, 0.6) is 0 Å². The highest BCUT2D eigenvalue weighted by Gasteiger charge is 2.22. The molecule has 2 aromatic rings. The minimum atomic E-state index is -0.678. The van der Waals surface area contributed by atoms with Crippen molar-refractivity contribution >= 4 is 22.6 Å². The number of anilines is 1. The number of halogens is 1. The van der Waals surface area contributed by atoms with Gasteiger partial charge < -0.3 is 19.1 Å². The molecule has 146 valence electrons. The van der Waals surface area contributed by atoms with Crippen molar-refractivity contribution in [1.29, 1.82) is 0 Å². The van der Waals surface area contributed by atoms with Gasteiger partial charge in [0, 0.05) is 43.8 Å². The highest BCUT2D eigenvalue weighted by atomic mass is 19.1. The van der Waals surface area contributed by atoms with Crippen LogP contribution >= 0.6 is 0 Å². The standard InChI is InChI=1S/C20H26FN3O3/c1-5-27-20(26)15-12-24(13(2)3)17-11-18(16(21)10-14(17)19(15)25)23-8-6-22(4)7-9-23/h10-13H,5-9H2,1-4H3. The highest BCUT2D eigenvalue weighted by molar-refractivity contribution is 5.94. The van der Waals surface area contributed by atoms with Crippen molar-refractivity contribution in [3.8, 4) is 0 Å². The SMILES string of the molecule is CCOC(=O)c1cn(C(C)C)c2cc(N3CCN(C)CC3)c(F)cc2c1=O. The molecule has 0 spiro atoms. The summed E-state index contributed by atoms with van der Waals surface area (Å²) >= 11 is 0. The van der Waals surface area contributed by atoms with Crippen LogP contribution in [0, 0.1) is 5.82 Å². The molecule has 0 N–H and O–H groups in total. The Labute approximate surface area is 158 Å². The fourth-order valence-corrected chi connectivity index (χ4v) is 3.43. The Bertz CT molecular complexity index is 915. The lowest BCUT2D eigenvalue weighted by Gasteiger charge is -2.34. The molecule has 1 fully saturated rings. The largest absolute Gasteiger partial charge is 0.462 e. The zero-order chi connectivity index (χ0) is 19.7. The van der Waals surface area contributed by atoms with Crippen molar-refractivity contribution in [2.45, 2.75) is 26.8 Å². The molecule has 0 bridgehead atoms. The summed E-state index contributed by atoms with van der Waals surface area (Å²) in [7, 11) is 2.04. The van der Waals surface area contributed by atoms with Crippen LogP contribution in [0.3, 0.4) is 0 Å². The summed E-state index contributed by atoms with van der Waals surface area (Å²) in [5.41, 5.74) is 0.556. The van der Waals surface area contributed by atoms with Gasteiger partial charge in [0.05, 0.1) is 17.8 Å². The predicted octanol–water partition coefficient (Wildman–Crippen LogP) is 2.65. The van der Waals surface area contributed by atoms with Crippen molar-refractivity contribution in [2.75, 3.05) is 44.7 Å². The number of esters is 1. The first-order valence-corrected chi connectivity index (χ1v) is 9.32. The molecule has 1 aromatic heterocycles. The normalized spacial score (nSPS) is 15.6. The van der Waals surface area contributed by atoms with E-state index in [1.165, 1.54) is 12.3 Å². The molecule has 0 aliphatic carbocycles. The molecule has 1 saturated heterocycles. The Morgan fingerprint density at radius 1 is 1.22 bits per heavy atom. The molecule has 7 heteroatoms. The van der Waals surface area contributed by atoms with E-state index in [2.05, 4.69) is 4.90 Å². The molecule has 0 unspecified atom stereocenters. The molecule has 0 saturated carbocycles. The van der Waals surface area contributed by atoms with Crippen LogP contribution in [0.25, 0.3) is 10.9 Å². The van der Waals surface area contributed by atoms with E-state index in [4.69, 9.17) is 4.74 Å². The van der Waals surface area contributed by atoms with Crippen molar-refractivity contribution in [3.63, 3.8) is 0 Å². The molecule has 1 aromatic carbocycles. The molecule has 0 amide bonds. The zero-order valence-electron chi connectivity index (χ0n) is 16.3. The minimum absolute atomic E-state index is 0.00734. The zero-order valence-corrected chi connectivity index (χ0v) is 16.3. The number of carbonyl (C=O) groups excluding carboxylic acids is 1. The Balaban J connectivity index is 2.18. The third kappa shape index (κ3) is 3.69. The summed E-state index contributed by atoms with van der Waals surface area (Å²) in [6.07, 6.45) is 1.53. The van der Waals surface area contributed by atoms with E-state index in [1.807, 2.05) is 30.4 Å². The third-order valence-corrected chi connectivity index (χ3v) is 5.00. The van der Waals surface area contributed by atoms with Gasteiger partial charge in [-0.15, -0.1) is 0 Å². The topological polar surface area (TPSA) is 54.8 Å². The summed E-state index contributed by atoms with van der Waals surface area (Å²) in [5, 5.41) is 0.199. The molecule has 27 heavy (non-hydrogen) atoms. The van der Waals surface area contributed by atoms with Crippen LogP contribution in [0.1, 0.15) is 37.2 Å². The van der Waals surface area contributed by atoms with E-state index in [1.54, 1.807) is 13.0 Å². The summed E-state index contributed by atoms with van der Waals surface area (Å²) in [6.45, 7) is 8.94. The van der Waals surface area contributed by atoms with Crippen LogP contribution in [0.4, 0.5) is 10.1 Å². The number of ether oxygens (including phenoxy) is 1. The maximum absolute atomic E-state index is 14.9. The molecule has 1 aliphatic rings. The van der Waals surface area contributed by atoms with Crippen LogP contribution in [0.15, 0.2) is 23.1 Å². The van der Waals surface area contributed by atoms with Gasteiger partial charge in [-0.25, -0.2) is 9.18 Å².